The third-order valence-corrected chi connectivity index (χ3v) is 3.28. The molecule has 2 aromatic rings. The maximum atomic E-state index is 13.8. The fourth-order valence-electron chi connectivity index (χ4n) is 2.03. The van der Waals surface area contributed by atoms with Crippen molar-refractivity contribution in [3.8, 4) is 17.1 Å². The Morgan fingerprint density at radius 1 is 1.17 bits per heavy atom. The van der Waals surface area contributed by atoms with E-state index < -0.39 is 17.4 Å². The van der Waals surface area contributed by atoms with E-state index in [1.807, 2.05) is 12.2 Å². The Kier molecular flexibility index (Phi) is 5.76. The summed E-state index contributed by atoms with van der Waals surface area (Å²) in [6, 6.07) is 2.29. The Hall–Kier alpha value is -2.34. The molecule has 1 atom stereocenters. The quantitative estimate of drug-likeness (QED) is 0.797. The van der Waals surface area contributed by atoms with Crippen molar-refractivity contribution in [2.75, 3.05) is 0 Å². The molecule has 122 valence electrons. The lowest BCUT2D eigenvalue weighted by Crippen LogP contribution is -1.97. The summed E-state index contributed by atoms with van der Waals surface area (Å²) < 4.78 is 27.1. The van der Waals surface area contributed by atoms with Crippen molar-refractivity contribution in [2.45, 2.75) is 32.3 Å². The minimum Gasteiger partial charge on any atom is -0.505 e. The first kappa shape index (κ1) is 17.0. The summed E-state index contributed by atoms with van der Waals surface area (Å²) in [5.74, 6) is -3.18. The van der Waals surface area contributed by atoms with Gasteiger partial charge in [0, 0.05) is 18.0 Å². The summed E-state index contributed by atoms with van der Waals surface area (Å²) in [7, 11) is 0. The van der Waals surface area contributed by atoms with Crippen LogP contribution in [0.25, 0.3) is 17.5 Å². The van der Waals surface area contributed by atoms with Gasteiger partial charge in [0.05, 0.1) is 11.7 Å². The number of benzene rings is 1. The zero-order valence-corrected chi connectivity index (χ0v) is 12.7. The molecular weight excluding hydrogens is 302 g/mol. The highest BCUT2D eigenvalue weighted by molar-refractivity contribution is 5.58. The average Bonchev–Trinajstić information content (AvgIpc) is 2.53. The number of phenolic OH excluding ortho intramolecular Hbond substituents is 1. The molecule has 0 bridgehead atoms. The molecule has 0 fully saturated rings. The number of hydrogen-bond acceptors (Lipinski definition) is 4. The van der Waals surface area contributed by atoms with Crippen molar-refractivity contribution in [1.29, 1.82) is 0 Å². The zero-order valence-electron chi connectivity index (χ0n) is 12.7. The summed E-state index contributed by atoms with van der Waals surface area (Å²) in [6.45, 7) is 1.75. The van der Waals surface area contributed by atoms with Gasteiger partial charge in [0.15, 0.2) is 17.4 Å². The number of aromatic hydroxyl groups is 1. The Morgan fingerprint density at radius 2 is 1.87 bits per heavy atom. The molecule has 1 unspecified atom stereocenters. The van der Waals surface area contributed by atoms with E-state index in [2.05, 4.69) is 9.97 Å². The number of aliphatic hydroxyl groups excluding tert-OH is 1. The highest BCUT2D eigenvalue weighted by Gasteiger charge is 2.15. The van der Waals surface area contributed by atoms with Crippen molar-refractivity contribution in [3.63, 3.8) is 0 Å². The molecule has 23 heavy (non-hydrogen) atoms. The largest absolute Gasteiger partial charge is 0.505 e. The van der Waals surface area contributed by atoms with Gasteiger partial charge in [0.2, 0.25) is 5.82 Å². The molecule has 6 heteroatoms. The predicted molar refractivity (Wildman–Crippen MR) is 83.6 cm³/mol. The van der Waals surface area contributed by atoms with Gasteiger partial charge in [-0.2, -0.15) is 4.39 Å². The van der Waals surface area contributed by atoms with Gasteiger partial charge in [-0.15, -0.1) is 0 Å². The maximum absolute atomic E-state index is 13.8. The number of nitrogens with zero attached hydrogens (tertiary/aromatic N) is 2. The first-order valence-electron chi connectivity index (χ1n) is 7.33. The number of hydrogen-bond donors (Lipinski definition) is 2. The second-order valence-corrected chi connectivity index (χ2v) is 5.28. The summed E-state index contributed by atoms with van der Waals surface area (Å²) in [5.41, 5.74) is 0.637. The molecule has 1 heterocycles. The van der Waals surface area contributed by atoms with Crippen molar-refractivity contribution in [1.82, 2.24) is 9.97 Å². The van der Waals surface area contributed by atoms with E-state index in [-0.39, 0.29) is 17.5 Å². The van der Waals surface area contributed by atoms with E-state index >= 15 is 0 Å². The number of unbranched alkanes of at least 4 members (excludes halogenated alkanes) is 1. The van der Waals surface area contributed by atoms with Crippen LogP contribution < -0.4 is 0 Å². The van der Waals surface area contributed by atoms with Crippen LogP contribution in [-0.2, 0) is 0 Å². The number of aliphatic hydroxyl groups is 1. The van der Waals surface area contributed by atoms with Gasteiger partial charge in [0.25, 0.3) is 0 Å². The molecule has 2 rings (SSSR count). The fourth-order valence-corrected chi connectivity index (χ4v) is 2.03. The van der Waals surface area contributed by atoms with Gasteiger partial charge in [-0.3, -0.25) is 0 Å². The van der Waals surface area contributed by atoms with Crippen LogP contribution in [0, 0.1) is 11.6 Å². The van der Waals surface area contributed by atoms with E-state index in [0.29, 0.717) is 0 Å². The van der Waals surface area contributed by atoms with Gasteiger partial charge < -0.3 is 10.2 Å². The lowest BCUT2D eigenvalue weighted by atomic mass is 10.1. The topological polar surface area (TPSA) is 66.2 Å². The number of allylic oxidation sites excluding steroid dienone is 1. The van der Waals surface area contributed by atoms with Crippen LogP contribution in [0.5, 0.6) is 5.75 Å². The normalized spacial score (nSPS) is 12.7. The third kappa shape index (κ3) is 4.56. The Balaban J connectivity index is 2.05. The van der Waals surface area contributed by atoms with Crippen molar-refractivity contribution >= 4 is 6.08 Å². The number of aromatic nitrogens is 2. The van der Waals surface area contributed by atoms with Gasteiger partial charge in [-0.05, 0) is 38.3 Å². The van der Waals surface area contributed by atoms with Gasteiger partial charge in [-0.1, -0.05) is 12.2 Å². The fraction of sp³-hybridized carbons (Fsp3) is 0.294. The van der Waals surface area contributed by atoms with Gasteiger partial charge in [-0.25, -0.2) is 14.4 Å². The molecule has 2 N–H and O–H groups in total. The highest BCUT2D eigenvalue weighted by Crippen LogP contribution is 2.26. The molecule has 1 aromatic carbocycles. The van der Waals surface area contributed by atoms with Gasteiger partial charge >= 0.3 is 0 Å². The molecule has 0 aliphatic heterocycles. The molecule has 4 nitrogen and oxygen atoms in total. The Bertz CT molecular complexity index is 686. The first-order chi connectivity index (χ1) is 11.0. The molecule has 1 aromatic heterocycles. The molecule has 0 saturated heterocycles. The van der Waals surface area contributed by atoms with Crippen LogP contribution >= 0.6 is 0 Å². The van der Waals surface area contributed by atoms with Crippen LogP contribution in [0.15, 0.2) is 30.6 Å². The third-order valence-electron chi connectivity index (χ3n) is 3.28. The molecule has 0 aliphatic carbocycles. The van der Waals surface area contributed by atoms with Crippen molar-refractivity contribution in [3.05, 3.63) is 47.8 Å². The summed E-state index contributed by atoms with van der Waals surface area (Å²) in [6.07, 6.45) is 8.95. The molecular formula is C17H18F2N2O2. The Labute approximate surface area is 133 Å². The van der Waals surface area contributed by atoms with E-state index in [1.165, 1.54) is 18.5 Å². The van der Waals surface area contributed by atoms with Gasteiger partial charge in [0.1, 0.15) is 0 Å². The van der Waals surface area contributed by atoms with E-state index in [4.69, 9.17) is 10.2 Å². The first-order valence-corrected chi connectivity index (χ1v) is 7.33. The van der Waals surface area contributed by atoms with Crippen LogP contribution in [0.1, 0.15) is 31.7 Å². The Morgan fingerprint density at radius 3 is 2.52 bits per heavy atom. The van der Waals surface area contributed by atoms with E-state index in [0.717, 1.165) is 30.9 Å². The minimum atomic E-state index is -1.31. The number of rotatable bonds is 6. The molecule has 0 aliphatic rings. The SMILES string of the molecule is CC(O)CCCC=Cc1cnc(-c2ccc(O)c(F)c2F)nc1. The lowest BCUT2D eigenvalue weighted by Gasteiger charge is -2.04. The smallest absolute Gasteiger partial charge is 0.201 e. The monoisotopic (exact) mass is 320 g/mol. The second kappa shape index (κ2) is 7.78. The van der Waals surface area contributed by atoms with Crippen LogP contribution in [-0.4, -0.2) is 26.3 Å². The number of phenols is 1. The molecule has 0 amide bonds. The summed E-state index contributed by atoms with van der Waals surface area (Å²) in [5, 5.41) is 18.3. The maximum Gasteiger partial charge on any atom is 0.201 e. The predicted octanol–water partition coefficient (Wildman–Crippen LogP) is 3.69. The van der Waals surface area contributed by atoms with Crippen LogP contribution in [0.4, 0.5) is 8.78 Å². The van der Waals surface area contributed by atoms with Crippen molar-refractivity contribution in [2.24, 2.45) is 0 Å². The van der Waals surface area contributed by atoms with Crippen LogP contribution in [0.3, 0.4) is 0 Å². The van der Waals surface area contributed by atoms with E-state index in [1.54, 1.807) is 6.92 Å². The average molecular weight is 320 g/mol. The van der Waals surface area contributed by atoms with Crippen LogP contribution in [0.2, 0.25) is 0 Å². The zero-order chi connectivity index (χ0) is 16.8. The van der Waals surface area contributed by atoms with E-state index in [9.17, 15) is 8.78 Å². The standard InChI is InChI=1S/C17H18F2N2O2/c1-11(22)5-3-2-4-6-12-9-20-17(21-10-12)13-7-8-14(23)16(19)15(13)18/h4,6-11,22-23H,2-3,5H2,1H3. The molecule has 0 radical (unpaired) electrons. The minimum absolute atomic E-state index is 0.0488. The summed E-state index contributed by atoms with van der Waals surface area (Å²) >= 11 is 0. The van der Waals surface area contributed by atoms with Crippen molar-refractivity contribution < 1.29 is 19.0 Å². The molecule has 0 spiro atoms. The molecule has 0 saturated carbocycles. The lowest BCUT2D eigenvalue weighted by molar-refractivity contribution is 0.182. The number of halogens is 2. The second-order valence-electron chi connectivity index (χ2n) is 5.28. The summed E-state index contributed by atoms with van der Waals surface area (Å²) in [4.78, 5) is 8.03. The highest BCUT2D eigenvalue weighted by atomic mass is 19.2.